The predicted octanol–water partition coefficient (Wildman–Crippen LogP) is 3.80. The highest BCUT2D eigenvalue weighted by Gasteiger charge is 2.50. The fourth-order valence-corrected chi connectivity index (χ4v) is 5.04. The van der Waals surface area contributed by atoms with Crippen LogP contribution in [0.5, 0.6) is 0 Å². The van der Waals surface area contributed by atoms with Crippen molar-refractivity contribution in [3.8, 4) is 0 Å². The summed E-state index contributed by atoms with van der Waals surface area (Å²) in [5.74, 6) is 0.515. The first kappa shape index (κ1) is 11.3. The summed E-state index contributed by atoms with van der Waals surface area (Å²) >= 11 is 3.84. The van der Waals surface area contributed by atoms with Crippen LogP contribution in [0.4, 0.5) is 0 Å². The highest BCUT2D eigenvalue weighted by atomic mass is 79.9. The molecule has 3 aliphatic carbocycles. The number of rotatable bonds is 0. The van der Waals surface area contributed by atoms with E-state index in [0.717, 1.165) is 19.3 Å². The molecule has 1 saturated carbocycles. The molecule has 3 rings (SSSR count). The summed E-state index contributed by atoms with van der Waals surface area (Å²) in [7, 11) is 0. The molecule has 1 fully saturated rings. The monoisotopic (exact) mass is 284 g/mol. The molecule has 0 amide bonds. The molecule has 1 N–H and O–H groups in total. The van der Waals surface area contributed by atoms with E-state index in [1.165, 1.54) is 19.3 Å². The van der Waals surface area contributed by atoms with E-state index in [1.54, 1.807) is 11.1 Å². The third-order valence-corrected chi connectivity index (χ3v) is 5.95. The maximum Gasteiger partial charge on any atom is 0.0727 e. The molecule has 3 aliphatic rings. The number of hydrogen-bond donors (Lipinski definition) is 1. The number of fused-ring (bicyclic) bond motifs is 2. The Balaban J connectivity index is 1.92. The van der Waals surface area contributed by atoms with Crippen molar-refractivity contribution in [2.24, 2.45) is 11.3 Å². The number of aliphatic hydroxyl groups is 1. The average Bonchev–Trinajstić information content (AvgIpc) is 2.54. The Morgan fingerprint density at radius 3 is 2.62 bits per heavy atom. The van der Waals surface area contributed by atoms with Gasteiger partial charge in [-0.15, -0.1) is 0 Å². The van der Waals surface area contributed by atoms with Gasteiger partial charge in [0.25, 0.3) is 0 Å². The van der Waals surface area contributed by atoms with Gasteiger partial charge >= 0.3 is 0 Å². The molecule has 0 spiro atoms. The average molecular weight is 285 g/mol. The lowest BCUT2D eigenvalue weighted by Gasteiger charge is -2.28. The molecule has 0 aromatic carbocycles. The van der Waals surface area contributed by atoms with Crippen LogP contribution >= 0.6 is 15.9 Å². The lowest BCUT2D eigenvalue weighted by molar-refractivity contribution is 0.109. The fraction of sp³-hybridized carbons (Fsp3) is 0.857. The van der Waals surface area contributed by atoms with Crippen LogP contribution in [0.25, 0.3) is 0 Å². The van der Waals surface area contributed by atoms with Crippen LogP contribution in [0.15, 0.2) is 11.1 Å². The number of allylic oxidation sites excluding steroid dienone is 2. The maximum atomic E-state index is 10.4. The number of alkyl halides is 1. The van der Waals surface area contributed by atoms with Crippen molar-refractivity contribution < 1.29 is 5.11 Å². The van der Waals surface area contributed by atoms with E-state index in [1.807, 2.05) is 0 Å². The van der Waals surface area contributed by atoms with E-state index in [4.69, 9.17) is 0 Å². The van der Waals surface area contributed by atoms with Crippen LogP contribution in [-0.2, 0) is 0 Å². The molecule has 16 heavy (non-hydrogen) atoms. The molecule has 1 nitrogen and oxygen atoms in total. The smallest absolute Gasteiger partial charge is 0.0727 e. The van der Waals surface area contributed by atoms with Gasteiger partial charge in [-0.3, -0.25) is 0 Å². The number of halogens is 1. The Hall–Kier alpha value is 0.180. The van der Waals surface area contributed by atoms with Crippen LogP contribution < -0.4 is 0 Å². The lowest BCUT2D eigenvalue weighted by Crippen LogP contribution is -2.33. The maximum absolute atomic E-state index is 10.4. The zero-order valence-electron chi connectivity index (χ0n) is 10.2. The summed E-state index contributed by atoms with van der Waals surface area (Å²) in [6.07, 6.45) is 6.97. The molecule has 2 bridgehead atoms. The zero-order valence-corrected chi connectivity index (χ0v) is 11.8. The highest BCUT2D eigenvalue weighted by Crippen LogP contribution is 2.56. The molecule has 0 radical (unpaired) electrons. The molecule has 90 valence electrons. The van der Waals surface area contributed by atoms with Gasteiger partial charge in [0.1, 0.15) is 0 Å². The van der Waals surface area contributed by atoms with Gasteiger partial charge in [-0.2, -0.15) is 0 Å². The molecule has 0 aromatic heterocycles. The molecule has 0 aliphatic heterocycles. The quantitative estimate of drug-likeness (QED) is 0.530. The SMILES string of the molecule is CC1(C)CC2=C(C1)C[C@@]1(Br)CC[C@@H](C2)C1O. The van der Waals surface area contributed by atoms with Gasteiger partial charge < -0.3 is 5.11 Å². The largest absolute Gasteiger partial charge is 0.391 e. The Kier molecular flexibility index (Phi) is 2.36. The predicted molar refractivity (Wildman–Crippen MR) is 69.7 cm³/mol. The minimum absolute atomic E-state index is 0.00910. The second-order valence-electron chi connectivity index (χ2n) is 6.88. The normalized spacial score (nSPS) is 45.8. The van der Waals surface area contributed by atoms with Gasteiger partial charge in [-0.1, -0.05) is 40.9 Å². The van der Waals surface area contributed by atoms with Gasteiger partial charge in [0.05, 0.1) is 10.4 Å². The molecule has 0 saturated heterocycles. The van der Waals surface area contributed by atoms with Crippen molar-refractivity contribution in [1.82, 2.24) is 0 Å². The third kappa shape index (κ3) is 1.60. The van der Waals surface area contributed by atoms with Crippen LogP contribution in [0.1, 0.15) is 52.4 Å². The topological polar surface area (TPSA) is 20.2 Å². The number of hydrogen-bond acceptors (Lipinski definition) is 1. The van der Waals surface area contributed by atoms with E-state index in [-0.39, 0.29) is 10.4 Å². The zero-order chi connectivity index (χ0) is 11.6. The summed E-state index contributed by atoms with van der Waals surface area (Å²) in [5, 5.41) is 10.4. The minimum Gasteiger partial charge on any atom is -0.391 e. The molecule has 0 heterocycles. The highest BCUT2D eigenvalue weighted by molar-refractivity contribution is 9.10. The first-order valence-electron chi connectivity index (χ1n) is 6.46. The van der Waals surface area contributed by atoms with E-state index >= 15 is 0 Å². The van der Waals surface area contributed by atoms with Gasteiger partial charge in [0, 0.05) is 0 Å². The Morgan fingerprint density at radius 1 is 1.19 bits per heavy atom. The van der Waals surface area contributed by atoms with Crippen LogP contribution in [0, 0.1) is 11.3 Å². The summed E-state index contributed by atoms with van der Waals surface area (Å²) in [5.41, 5.74) is 3.80. The van der Waals surface area contributed by atoms with Crippen LogP contribution in [-0.4, -0.2) is 15.5 Å². The van der Waals surface area contributed by atoms with Gasteiger partial charge in [0.15, 0.2) is 0 Å². The van der Waals surface area contributed by atoms with Crippen molar-refractivity contribution >= 4 is 15.9 Å². The Bertz CT molecular complexity index is 358. The van der Waals surface area contributed by atoms with E-state index in [9.17, 15) is 5.11 Å². The van der Waals surface area contributed by atoms with Crippen LogP contribution in [0.3, 0.4) is 0 Å². The van der Waals surface area contributed by atoms with Crippen molar-refractivity contribution in [2.75, 3.05) is 0 Å². The van der Waals surface area contributed by atoms with Crippen molar-refractivity contribution in [1.29, 1.82) is 0 Å². The van der Waals surface area contributed by atoms with Gasteiger partial charge in [-0.05, 0) is 49.9 Å². The van der Waals surface area contributed by atoms with E-state index < -0.39 is 0 Å². The molecule has 3 atom stereocenters. The summed E-state index contributed by atoms with van der Waals surface area (Å²) in [6, 6.07) is 0. The summed E-state index contributed by atoms with van der Waals surface area (Å²) < 4.78 is 0.00910. The van der Waals surface area contributed by atoms with E-state index in [2.05, 4.69) is 29.8 Å². The molecule has 2 heteroatoms. The molecule has 1 unspecified atom stereocenters. The molecular formula is C14H21BrO. The second-order valence-corrected chi connectivity index (χ2v) is 8.46. The summed E-state index contributed by atoms with van der Waals surface area (Å²) in [4.78, 5) is 0. The van der Waals surface area contributed by atoms with Crippen LogP contribution in [0.2, 0.25) is 0 Å². The van der Waals surface area contributed by atoms with Gasteiger partial charge in [-0.25, -0.2) is 0 Å². The second kappa shape index (κ2) is 3.35. The molecule has 0 aromatic rings. The molecular weight excluding hydrogens is 264 g/mol. The van der Waals surface area contributed by atoms with Crippen molar-refractivity contribution in [3.05, 3.63) is 11.1 Å². The Labute approximate surface area is 106 Å². The minimum atomic E-state index is -0.124. The number of aliphatic hydroxyl groups excluding tert-OH is 1. The first-order valence-corrected chi connectivity index (χ1v) is 7.26. The fourth-order valence-electron chi connectivity index (χ4n) is 4.10. The van der Waals surface area contributed by atoms with Crippen molar-refractivity contribution in [2.45, 2.75) is 62.8 Å². The summed E-state index contributed by atoms with van der Waals surface area (Å²) in [6.45, 7) is 4.75. The third-order valence-electron chi connectivity index (χ3n) is 4.81. The van der Waals surface area contributed by atoms with Crippen molar-refractivity contribution in [3.63, 3.8) is 0 Å². The first-order chi connectivity index (χ1) is 7.40. The van der Waals surface area contributed by atoms with E-state index in [0.29, 0.717) is 11.3 Å². The standard InChI is InChI=1S/C14H21BrO/c1-13(2)6-10-5-9-3-4-14(15,12(9)16)8-11(10)7-13/h9,12,16H,3-8H2,1-2H3/t9-,12?,14-/m0/s1. The lowest BCUT2D eigenvalue weighted by atomic mass is 9.85. The van der Waals surface area contributed by atoms with Gasteiger partial charge in [0.2, 0.25) is 0 Å². The Morgan fingerprint density at radius 2 is 1.88 bits per heavy atom.